The molecule has 2 aromatic rings. The van der Waals surface area contributed by atoms with Gasteiger partial charge in [-0.05, 0) is 62.8 Å². The second kappa shape index (κ2) is 17.3. The molecule has 0 unspecified atom stereocenters. The summed E-state index contributed by atoms with van der Waals surface area (Å²) in [5.74, 6) is 0. The lowest BCUT2D eigenvalue weighted by molar-refractivity contribution is -0.384. The minimum absolute atomic E-state index is 0.191. The summed E-state index contributed by atoms with van der Waals surface area (Å²) in [4.78, 5) is 28.2. The molecule has 0 aliphatic carbocycles. The number of piperidine rings is 2. The normalized spacial score (nSPS) is 19.0. The van der Waals surface area contributed by atoms with Gasteiger partial charge in [0.15, 0.2) is 0 Å². The number of nitro groups is 2. The van der Waals surface area contributed by atoms with Crippen molar-refractivity contribution in [1.29, 1.82) is 0 Å². The van der Waals surface area contributed by atoms with Gasteiger partial charge in [0.1, 0.15) is 11.4 Å². The highest BCUT2D eigenvalue weighted by Gasteiger charge is 2.24. The van der Waals surface area contributed by atoms with Crippen LogP contribution in [0, 0.1) is 20.2 Å². The van der Waals surface area contributed by atoms with Gasteiger partial charge in [0, 0.05) is 74.7 Å². The van der Waals surface area contributed by atoms with Gasteiger partial charge in [-0.2, -0.15) is 0 Å². The number of rotatable bonds is 5. The molecule has 4 fully saturated rings. The number of ether oxygens (including phenoxy) is 2. The maximum absolute atomic E-state index is 11.4. The second-order valence-electron chi connectivity index (χ2n) is 10.9. The van der Waals surface area contributed by atoms with Crippen LogP contribution in [0.25, 0.3) is 0 Å². The summed E-state index contributed by atoms with van der Waals surface area (Å²) in [6.07, 6.45) is 6.90. The average molecular weight is 664 g/mol. The van der Waals surface area contributed by atoms with Gasteiger partial charge in [-0.1, -0.05) is 15.9 Å². The number of anilines is 3. The zero-order chi connectivity index (χ0) is 30.4. The lowest BCUT2D eigenvalue weighted by atomic mass is 10.1. The van der Waals surface area contributed by atoms with E-state index in [0.717, 1.165) is 113 Å². The molecule has 0 atom stereocenters. The first-order chi connectivity index (χ1) is 20.9. The van der Waals surface area contributed by atoms with E-state index >= 15 is 0 Å². The van der Waals surface area contributed by atoms with E-state index in [9.17, 15) is 20.2 Å². The van der Waals surface area contributed by atoms with Crippen molar-refractivity contribution in [1.82, 2.24) is 5.32 Å². The van der Waals surface area contributed by atoms with Crippen LogP contribution in [0.2, 0.25) is 0 Å². The van der Waals surface area contributed by atoms with Crippen LogP contribution < -0.4 is 20.0 Å². The van der Waals surface area contributed by atoms with Crippen LogP contribution in [0.4, 0.5) is 28.4 Å². The van der Waals surface area contributed by atoms with Crippen LogP contribution in [0.1, 0.15) is 38.5 Å². The molecule has 0 radical (unpaired) electrons. The summed E-state index contributed by atoms with van der Waals surface area (Å²) in [6, 6.07) is 10.9. The summed E-state index contributed by atoms with van der Waals surface area (Å²) >= 11 is 3.27. The van der Waals surface area contributed by atoms with Gasteiger partial charge in [0.05, 0.1) is 36.3 Å². The fourth-order valence-corrected chi connectivity index (χ4v) is 5.99. The minimum atomic E-state index is -0.311. The molecule has 0 aromatic heterocycles. The molecule has 0 saturated carbocycles. The van der Waals surface area contributed by atoms with Crippen LogP contribution in [0.5, 0.6) is 0 Å². The predicted molar refractivity (Wildman–Crippen MR) is 173 cm³/mol. The van der Waals surface area contributed by atoms with Crippen LogP contribution in [-0.4, -0.2) is 88.6 Å². The number of hydrogen-bond donors (Lipinski definition) is 1. The number of nitrogens with one attached hydrogen (secondary N) is 1. The van der Waals surface area contributed by atoms with Gasteiger partial charge in [-0.3, -0.25) is 20.2 Å². The number of nitrogens with zero attached hydrogens (tertiary/aromatic N) is 5. The van der Waals surface area contributed by atoms with Crippen LogP contribution in [-0.2, 0) is 9.47 Å². The van der Waals surface area contributed by atoms with E-state index in [1.807, 2.05) is 24.3 Å². The summed E-state index contributed by atoms with van der Waals surface area (Å²) in [5.41, 5.74) is 2.84. The summed E-state index contributed by atoms with van der Waals surface area (Å²) in [7, 11) is 0. The third kappa shape index (κ3) is 10.0. The summed E-state index contributed by atoms with van der Waals surface area (Å²) in [5, 5.41) is 25.6. The van der Waals surface area contributed by atoms with Gasteiger partial charge in [0.2, 0.25) is 0 Å². The Morgan fingerprint density at radius 1 is 0.628 bits per heavy atom. The lowest BCUT2D eigenvalue weighted by Gasteiger charge is -2.31. The Labute approximate surface area is 261 Å². The molecule has 12 nitrogen and oxygen atoms in total. The topological polar surface area (TPSA) is 126 Å². The van der Waals surface area contributed by atoms with Crippen LogP contribution in [0.15, 0.2) is 40.9 Å². The molecule has 13 heteroatoms. The Hall–Kier alpha value is -3.00. The van der Waals surface area contributed by atoms with Crippen molar-refractivity contribution >= 4 is 44.4 Å². The Morgan fingerprint density at radius 2 is 1.12 bits per heavy atom. The Kier molecular flexibility index (Phi) is 13.3. The second-order valence-corrected chi connectivity index (χ2v) is 11.8. The van der Waals surface area contributed by atoms with E-state index in [1.165, 1.54) is 12.8 Å². The molecule has 6 rings (SSSR count). The van der Waals surface area contributed by atoms with Gasteiger partial charge in [0.25, 0.3) is 11.4 Å². The first-order valence-corrected chi connectivity index (χ1v) is 16.1. The van der Waals surface area contributed by atoms with Gasteiger partial charge < -0.3 is 29.5 Å². The first-order valence-electron chi connectivity index (χ1n) is 15.3. The Bertz CT molecular complexity index is 1170. The van der Waals surface area contributed by atoms with Crippen molar-refractivity contribution in [3.63, 3.8) is 0 Å². The molecule has 43 heavy (non-hydrogen) atoms. The predicted octanol–water partition coefficient (Wildman–Crippen LogP) is 5.38. The highest BCUT2D eigenvalue weighted by molar-refractivity contribution is 9.10. The third-order valence-corrected chi connectivity index (χ3v) is 8.40. The maximum atomic E-state index is 11.4. The molecule has 236 valence electrons. The summed E-state index contributed by atoms with van der Waals surface area (Å²) in [6.45, 7) is 10.4. The van der Waals surface area contributed by atoms with Gasteiger partial charge in [-0.25, -0.2) is 0 Å². The van der Waals surface area contributed by atoms with Crippen LogP contribution in [0.3, 0.4) is 0 Å². The van der Waals surface area contributed by atoms with E-state index in [4.69, 9.17) is 9.47 Å². The molecule has 4 saturated heterocycles. The third-order valence-electron chi connectivity index (χ3n) is 7.91. The van der Waals surface area contributed by atoms with E-state index in [2.05, 4.69) is 35.9 Å². The molecule has 4 heterocycles. The SMILES string of the molecule is C1COCCN1.O=[N+]([O-])c1cc(Br)ccc1N1CCCCC1.O=[N+]([O-])c1cc(N2CCOCC2)ccc1N1CCCCC1. The van der Waals surface area contributed by atoms with Crippen molar-refractivity contribution < 1.29 is 19.3 Å². The van der Waals surface area contributed by atoms with Gasteiger partial charge >= 0.3 is 0 Å². The number of morpholine rings is 2. The van der Waals surface area contributed by atoms with Crippen molar-refractivity contribution in [2.24, 2.45) is 0 Å². The number of benzene rings is 2. The fourth-order valence-electron chi connectivity index (χ4n) is 5.64. The van der Waals surface area contributed by atoms with Crippen molar-refractivity contribution in [2.45, 2.75) is 38.5 Å². The number of nitro benzene ring substituents is 2. The molecule has 4 aliphatic heterocycles. The Balaban J connectivity index is 0.000000169. The molecule has 4 aliphatic rings. The molecule has 0 spiro atoms. The van der Waals surface area contributed by atoms with Crippen molar-refractivity contribution in [3.05, 3.63) is 61.1 Å². The molecule has 1 N–H and O–H groups in total. The molecule has 0 bridgehead atoms. The molecular weight excluding hydrogens is 620 g/mol. The molecule has 2 aromatic carbocycles. The number of hydrogen-bond acceptors (Lipinski definition) is 10. The van der Waals surface area contributed by atoms with Crippen molar-refractivity contribution in [2.75, 3.05) is 93.5 Å². The average Bonchev–Trinajstić information content (AvgIpc) is 3.07. The Morgan fingerprint density at radius 3 is 1.58 bits per heavy atom. The largest absolute Gasteiger partial charge is 0.379 e. The standard InChI is InChI=1S/C15H21N3O3.C11H13BrN2O2.C4H9NO/c19-18(20)15-12-13(16-8-10-21-11-9-16)4-5-14(15)17-6-2-1-3-7-17;12-9-4-5-10(11(8-9)14(15)16)13-6-2-1-3-7-13;1-3-6-4-2-5-1/h4-5,12H,1-3,6-11H2;4-5,8H,1-3,6-7H2;5H,1-4H2. The van der Waals surface area contributed by atoms with E-state index in [0.29, 0.717) is 13.2 Å². The van der Waals surface area contributed by atoms with Crippen molar-refractivity contribution in [3.8, 4) is 0 Å². The van der Waals surface area contributed by atoms with E-state index in [1.54, 1.807) is 12.1 Å². The molecular formula is C30H43BrN6O6. The highest BCUT2D eigenvalue weighted by Crippen LogP contribution is 2.35. The minimum Gasteiger partial charge on any atom is -0.379 e. The quantitative estimate of drug-likeness (QED) is 0.329. The summed E-state index contributed by atoms with van der Waals surface area (Å²) < 4.78 is 11.1. The van der Waals surface area contributed by atoms with Crippen LogP contribution >= 0.6 is 15.9 Å². The maximum Gasteiger partial charge on any atom is 0.294 e. The zero-order valence-corrected chi connectivity index (χ0v) is 26.3. The molecule has 0 amide bonds. The first kappa shape index (κ1) is 32.9. The smallest absolute Gasteiger partial charge is 0.294 e. The van der Waals surface area contributed by atoms with E-state index < -0.39 is 0 Å². The zero-order valence-electron chi connectivity index (χ0n) is 24.8. The van der Waals surface area contributed by atoms with Gasteiger partial charge in [-0.15, -0.1) is 0 Å². The fraction of sp³-hybridized carbons (Fsp3) is 0.600. The lowest BCUT2D eigenvalue weighted by Crippen LogP contribution is -2.36. The number of halogens is 1. The highest BCUT2D eigenvalue weighted by atomic mass is 79.9. The monoisotopic (exact) mass is 662 g/mol. The van der Waals surface area contributed by atoms with E-state index in [-0.39, 0.29) is 21.2 Å².